The summed E-state index contributed by atoms with van der Waals surface area (Å²) in [6.45, 7) is 6.46. The molecule has 96 valence electrons. The van der Waals surface area contributed by atoms with E-state index in [4.69, 9.17) is 21.1 Å². The number of halogens is 2. The molecule has 1 rings (SSSR count). The molecule has 0 aliphatic heterocycles. The fourth-order valence-electron chi connectivity index (χ4n) is 1.53. The Bertz CT molecular complexity index is 399. The van der Waals surface area contributed by atoms with E-state index in [1.54, 1.807) is 20.3 Å². The van der Waals surface area contributed by atoms with Crippen molar-refractivity contribution in [1.29, 1.82) is 0 Å². The zero-order valence-corrected chi connectivity index (χ0v) is 13.1. The van der Waals surface area contributed by atoms with Gasteiger partial charge in [-0.15, -0.1) is 0 Å². The molecule has 0 fully saturated rings. The SMILES string of the molecule is COc1cc(Cl)c(C(Br)C(C)(C)C)cc1OC. The van der Waals surface area contributed by atoms with Crippen LogP contribution in [0.15, 0.2) is 12.1 Å². The summed E-state index contributed by atoms with van der Waals surface area (Å²) in [5.41, 5.74) is 1.08. The van der Waals surface area contributed by atoms with Gasteiger partial charge in [-0.05, 0) is 17.0 Å². The molecule has 0 saturated heterocycles. The van der Waals surface area contributed by atoms with E-state index < -0.39 is 0 Å². The van der Waals surface area contributed by atoms with Gasteiger partial charge in [0.1, 0.15) is 0 Å². The molecular formula is C13H18BrClO2. The molecule has 0 N–H and O–H groups in total. The third-order valence-electron chi connectivity index (χ3n) is 2.54. The Kier molecular flexibility index (Phi) is 4.73. The minimum absolute atomic E-state index is 0.0727. The summed E-state index contributed by atoms with van der Waals surface area (Å²) in [6, 6.07) is 3.71. The summed E-state index contributed by atoms with van der Waals surface area (Å²) in [7, 11) is 3.22. The highest BCUT2D eigenvalue weighted by atomic mass is 79.9. The summed E-state index contributed by atoms with van der Waals surface area (Å²) < 4.78 is 10.5. The molecular weight excluding hydrogens is 303 g/mol. The highest BCUT2D eigenvalue weighted by Crippen LogP contribution is 2.46. The van der Waals surface area contributed by atoms with Crippen molar-refractivity contribution in [3.63, 3.8) is 0 Å². The van der Waals surface area contributed by atoms with Crippen LogP contribution in [0.25, 0.3) is 0 Å². The standard InChI is InChI=1S/C13H18BrClO2/c1-13(2,3)12(14)8-6-10(16-4)11(17-5)7-9(8)15/h6-7,12H,1-5H3. The highest BCUT2D eigenvalue weighted by molar-refractivity contribution is 9.09. The van der Waals surface area contributed by atoms with Crippen molar-refractivity contribution in [1.82, 2.24) is 0 Å². The van der Waals surface area contributed by atoms with Crippen LogP contribution in [0, 0.1) is 5.41 Å². The van der Waals surface area contributed by atoms with Gasteiger partial charge < -0.3 is 9.47 Å². The van der Waals surface area contributed by atoms with Gasteiger partial charge in [-0.3, -0.25) is 0 Å². The number of benzene rings is 1. The summed E-state index contributed by atoms with van der Waals surface area (Å²) in [4.78, 5) is 0.155. The lowest BCUT2D eigenvalue weighted by molar-refractivity contribution is 0.352. The van der Waals surface area contributed by atoms with E-state index in [2.05, 4.69) is 36.7 Å². The first-order valence-electron chi connectivity index (χ1n) is 5.36. The first-order chi connectivity index (χ1) is 7.81. The summed E-state index contributed by atoms with van der Waals surface area (Å²) >= 11 is 9.96. The predicted molar refractivity (Wildman–Crippen MR) is 75.7 cm³/mol. The van der Waals surface area contributed by atoms with Crippen LogP contribution in [-0.4, -0.2) is 14.2 Å². The lowest BCUT2D eigenvalue weighted by Gasteiger charge is -2.27. The van der Waals surface area contributed by atoms with Crippen molar-refractivity contribution in [2.24, 2.45) is 5.41 Å². The number of hydrogen-bond acceptors (Lipinski definition) is 2. The summed E-state index contributed by atoms with van der Waals surface area (Å²) in [5, 5.41) is 0.680. The molecule has 1 unspecified atom stereocenters. The van der Waals surface area contributed by atoms with E-state index in [1.807, 2.05) is 6.07 Å². The van der Waals surface area contributed by atoms with Crippen LogP contribution in [0.3, 0.4) is 0 Å². The zero-order valence-electron chi connectivity index (χ0n) is 10.8. The number of hydrogen-bond donors (Lipinski definition) is 0. The van der Waals surface area contributed by atoms with Crippen LogP contribution in [-0.2, 0) is 0 Å². The first kappa shape index (κ1) is 14.7. The molecule has 1 atom stereocenters. The molecule has 0 aromatic heterocycles. The van der Waals surface area contributed by atoms with Gasteiger partial charge in [-0.2, -0.15) is 0 Å². The molecule has 0 amide bonds. The second kappa shape index (κ2) is 5.49. The average molecular weight is 322 g/mol. The Morgan fingerprint density at radius 2 is 1.59 bits per heavy atom. The molecule has 2 nitrogen and oxygen atoms in total. The molecule has 0 bridgehead atoms. The second-order valence-electron chi connectivity index (χ2n) is 4.96. The number of ether oxygens (including phenoxy) is 2. The Morgan fingerprint density at radius 1 is 1.12 bits per heavy atom. The molecule has 4 heteroatoms. The van der Waals surface area contributed by atoms with Gasteiger partial charge in [0.15, 0.2) is 11.5 Å². The highest BCUT2D eigenvalue weighted by Gasteiger charge is 2.26. The normalized spacial score (nSPS) is 13.4. The van der Waals surface area contributed by atoms with E-state index >= 15 is 0 Å². The molecule has 0 saturated carbocycles. The smallest absolute Gasteiger partial charge is 0.162 e. The van der Waals surface area contributed by atoms with Gasteiger partial charge in [0.25, 0.3) is 0 Å². The monoisotopic (exact) mass is 320 g/mol. The van der Waals surface area contributed by atoms with E-state index in [1.165, 1.54) is 0 Å². The van der Waals surface area contributed by atoms with Gasteiger partial charge in [0.05, 0.1) is 14.2 Å². The summed E-state index contributed by atoms with van der Waals surface area (Å²) in [5.74, 6) is 1.34. The average Bonchev–Trinajstić information content (AvgIpc) is 2.26. The van der Waals surface area contributed by atoms with Crippen molar-refractivity contribution in [2.45, 2.75) is 25.6 Å². The van der Waals surface area contributed by atoms with Crippen LogP contribution in [0.1, 0.15) is 31.2 Å². The lowest BCUT2D eigenvalue weighted by atomic mass is 9.88. The minimum atomic E-state index is 0.0727. The molecule has 0 aliphatic carbocycles. The van der Waals surface area contributed by atoms with Crippen LogP contribution < -0.4 is 9.47 Å². The van der Waals surface area contributed by atoms with Gasteiger partial charge in [0, 0.05) is 15.9 Å². The third kappa shape index (κ3) is 3.29. The van der Waals surface area contributed by atoms with Crippen molar-refractivity contribution in [3.05, 3.63) is 22.7 Å². The maximum absolute atomic E-state index is 6.27. The van der Waals surface area contributed by atoms with Crippen molar-refractivity contribution >= 4 is 27.5 Å². The fraction of sp³-hybridized carbons (Fsp3) is 0.538. The molecule has 0 heterocycles. The van der Waals surface area contributed by atoms with Crippen LogP contribution >= 0.6 is 27.5 Å². The van der Waals surface area contributed by atoms with Gasteiger partial charge in [0.2, 0.25) is 0 Å². The molecule has 1 aromatic carbocycles. The Hall–Kier alpha value is -0.410. The van der Waals surface area contributed by atoms with Crippen LogP contribution in [0.4, 0.5) is 0 Å². The molecule has 0 radical (unpaired) electrons. The minimum Gasteiger partial charge on any atom is -0.493 e. The number of methoxy groups -OCH3 is 2. The maximum atomic E-state index is 6.27. The van der Waals surface area contributed by atoms with Gasteiger partial charge in [-0.25, -0.2) is 0 Å². The van der Waals surface area contributed by atoms with Gasteiger partial charge in [-0.1, -0.05) is 48.3 Å². The lowest BCUT2D eigenvalue weighted by Crippen LogP contribution is -2.13. The van der Waals surface area contributed by atoms with E-state index in [9.17, 15) is 0 Å². The second-order valence-corrected chi connectivity index (χ2v) is 6.28. The Balaban J connectivity index is 3.26. The third-order valence-corrected chi connectivity index (χ3v) is 4.73. The maximum Gasteiger partial charge on any atom is 0.162 e. The van der Waals surface area contributed by atoms with E-state index in [0.29, 0.717) is 16.5 Å². The van der Waals surface area contributed by atoms with Crippen LogP contribution in [0.2, 0.25) is 5.02 Å². The first-order valence-corrected chi connectivity index (χ1v) is 6.66. The number of alkyl halides is 1. The van der Waals surface area contributed by atoms with E-state index in [-0.39, 0.29) is 10.2 Å². The fourth-order valence-corrected chi connectivity index (χ4v) is 2.30. The zero-order chi connectivity index (χ0) is 13.2. The van der Waals surface area contributed by atoms with Crippen LogP contribution in [0.5, 0.6) is 11.5 Å². The van der Waals surface area contributed by atoms with Crippen molar-refractivity contribution < 1.29 is 9.47 Å². The predicted octanol–water partition coefficient (Wildman–Crippen LogP) is 4.84. The summed E-state index contributed by atoms with van der Waals surface area (Å²) in [6.07, 6.45) is 0. The molecule has 1 aromatic rings. The quantitative estimate of drug-likeness (QED) is 0.742. The number of rotatable bonds is 3. The Labute approximate surface area is 116 Å². The Morgan fingerprint density at radius 3 is 2.00 bits per heavy atom. The van der Waals surface area contributed by atoms with Gasteiger partial charge >= 0.3 is 0 Å². The van der Waals surface area contributed by atoms with E-state index in [0.717, 1.165) is 5.56 Å². The molecule has 0 spiro atoms. The molecule has 0 aliphatic rings. The topological polar surface area (TPSA) is 18.5 Å². The largest absolute Gasteiger partial charge is 0.493 e. The van der Waals surface area contributed by atoms with Crippen molar-refractivity contribution in [2.75, 3.05) is 14.2 Å². The van der Waals surface area contributed by atoms with Crippen molar-refractivity contribution in [3.8, 4) is 11.5 Å². The molecule has 17 heavy (non-hydrogen) atoms.